The minimum absolute atomic E-state index is 0.100. The summed E-state index contributed by atoms with van der Waals surface area (Å²) >= 11 is 1.58. The van der Waals surface area contributed by atoms with Gasteiger partial charge in [0.05, 0.1) is 6.10 Å². The van der Waals surface area contributed by atoms with E-state index in [0.29, 0.717) is 5.82 Å². The number of ether oxygens (including phenoxy) is 1. The van der Waals surface area contributed by atoms with Crippen LogP contribution in [0.2, 0.25) is 0 Å². The molecule has 0 saturated carbocycles. The highest BCUT2D eigenvalue weighted by Crippen LogP contribution is 2.27. The number of benzene rings is 1. The summed E-state index contributed by atoms with van der Waals surface area (Å²) < 4.78 is 7.60. The van der Waals surface area contributed by atoms with Gasteiger partial charge in [0, 0.05) is 18.4 Å². The maximum atomic E-state index is 9.11. The lowest BCUT2D eigenvalue weighted by Gasteiger charge is -2.13. The fourth-order valence-electron chi connectivity index (χ4n) is 1.74. The van der Waals surface area contributed by atoms with E-state index in [2.05, 4.69) is 10.2 Å². The first-order chi connectivity index (χ1) is 9.61. The van der Waals surface area contributed by atoms with Gasteiger partial charge in [-0.15, -0.1) is 10.2 Å². The average Bonchev–Trinajstić information content (AvgIpc) is 2.78. The molecule has 2 aromatic rings. The highest BCUT2D eigenvalue weighted by molar-refractivity contribution is 7.98. The van der Waals surface area contributed by atoms with E-state index < -0.39 is 0 Å². The van der Waals surface area contributed by atoms with E-state index in [4.69, 9.17) is 9.84 Å². The van der Waals surface area contributed by atoms with Crippen molar-refractivity contribution >= 4 is 11.8 Å². The van der Waals surface area contributed by atoms with Crippen LogP contribution in [-0.4, -0.2) is 26.0 Å². The molecule has 0 bridgehead atoms. The predicted molar refractivity (Wildman–Crippen MR) is 78.7 cm³/mol. The molecule has 0 aliphatic heterocycles. The fraction of sp³-hybridized carbons (Fsp3) is 0.429. The SMILES string of the molecule is CC(C)Oc1ccccc1CSc1nnc(CO)n1C. The largest absolute Gasteiger partial charge is 0.491 e. The molecular formula is C14H19N3O2S. The predicted octanol–water partition coefficient (Wildman–Crippen LogP) is 2.39. The van der Waals surface area contributed by atoms with Crippen LogP contribution in [0.3, 0.4) is 0 Å². The lowest BCUT2D eigenvalue weighted by molar-refractivity contribution is 0.240. The molecule has 1 heterocycles. The van der Waals surface area contributed by atoms with Gasteiger partial charge in [-0.3, -0.25) is 0 Å². The third-order valence-corrected chi connectivity index (χ3v) is 3.83. The van der Waals surface area contributed by atoms with E-state index in [1.807, 2.05) is 45.2 Å². The maximum absolute atomic E-state index is 9.11. The molecule has 108 valence electrons. The smallest absolute Gasteiger partial charge is 0.191 e. The number of rotatable bonds is 6. The first-order valence-electron chi connectivity index (χ1n) is 6.48. The fourth-order valence-corrected chi connectivity index (χ4v) is 2.66. The van der Waals surface area contributed by atoms with Gasteiger partial charge in [0.25, 0.3) is 0 Å². The number of nitrogens with zero attached hydrogens (tertiary/aromatic N) is 3. The van der Waals surface area contributed by atoms with Crippen molar-refractivity contribution in [2.45, 2.75) is 37.5 Å². The van der Waals surface area contributed by atoms with Crippen molar-refractivity contribution in [3.05, 3.63) is 35.7 Å². The summed E-state index contributed by atoms with van der Waals surface area (Å²) in [7, 11) is 1.85. The minimum Gasteiger partial charge on any atom is -0.491 e. The van der Waals surface area contributed by atoms with Gasteiger partial charge >= 0.3 is 0 Å². The first-order valence-corrected chi connectivity index (χ1v) is 7.47. The molecule has 1 aromatic heterocycles. The van der Waals surface area contributed by atoms with Crippen molar-refractivity contribution in [1.29, 1.82) is 0 Å². The molecule has 0 spiro atoms. The number of aliphatic hydroxyl groups excluding tert-OH is 1. The van der Waals surface area contributed by atoms with Gasteiger partial charge in [-0.05, 0) is 19.9 Å². The van der Waals surface area contributed by atoms with Crippen molar-refractivity contribution in [2.24, 2.45) is 7.05 Å². The minimum atomic E-state index is -0.100. The van der Waals surface area contributed by atoms with Crippen molar-refractivity contribution < 1.29 is 9.84 Å². The van der Waals surface area contributed by atoms with E-state index in [1.165, 1.54) is 0 Å². The Morgan fingerprint density at radius 1 is 1.30 bits per heavy atom. The topological polar surface area (TPSA) is 60.2 Å². The number of thioether (sulfide) groups is 1. The zero-order valence-electron chi connectivity index (χ0n) is 11.9. The zero-order chi connectivity index (χ0) is 14.5. The summed E-state index contributed by atoms with van der Waals surface area (Å²) in [5, 5.41) is 17.9. The summed E-state index contributed by atoms with van der Waals surface area (Å²) in [6.45, 7) is 3.93. The van der Waals surface area contributed by atoms with Crippen molar-refractivity contribution in [2.75, 3.05) is 0 Å². The third-order valence-electron chi connectivity index (χ3n) is 2.76. The van der Waals surface area contributed by atoms with Gasteiger partial charge < -0.3 is 14.4 Å². The lowest BCUT2D eigenvalue weighted by atomic mass is 10.2. The van der Waals surface area contributed by atoms with Gasteiger partial charge in [-0.2, -0.15) is 0 Å². The van der Waals surface area contributed by atoms with E-state index >= 15 is 0 Å². The summed E-state index contributed by atoms with van der Waals surface area (Å²) in [6, 6.07) is 8.00. The van der Waals surface area contributed by atoms with E-state index in [1.54, 1.807) is 16.3 Å². The standard InChI is InChI=1S/C14H19N3O2S/c1-10(2)19-12-7-5-4-6-11(12)9-20-14-16-15-13(8-18)17(14)3/h4-7,10,18H,8-9H2,1-3H3. The number of hydrogen-bond acceptors (Lipinski definition) is 5. The Bertz CT molecular complexity index is 569. The third kappa shape index (κ3) is 3.52. The quantitative estimate of drug-likeness (QED) is 0.829. The molecule has 0 aliphatic carbocycles. The van der Waals surface area contributed by atoms with Crippen LogP contribution in [0, 0.1) is 0 Å². The lowest BCUT2D eigenvalue weighted by Crippen LogP contribution is -2.07. The number of hydrogen-bond donors (Lipinski definition) is 1. The average molecular weight is 293 g/mol. The van der Waals surface area contributed by atoms with Gasteiger partial charge in [0.15, 0.2) is 11.0 Å². The number of para-hydroxylation sites is 1. The molecule has 5 nitrogen and oxygen atoms in total. The first kappa shape index (κ1) is 14.9. The molecule has 0 amide bonds. The van der Waals surface area contributed by atoms with Crippen molar-refractivity contribution in [3.8, 4) is 5.75 Å². The summed E-state index contributed by atoms with van der Waals surface area (Å²) in [5.41, 5.74) is 1.12. The molecule has 0 saturated heterocycles. The van der Waals surface area contributed by atoms with Crippen LogP contribution in [0.5, 0.6) is 5.75 Å². The highest BCUT2D eigenvalue weighted by Gasteiger charge is 2.10. The molecular weight excluding hydrogens is 274 g/mol. The van der Waals surface area contributed by atoms with Crippen LogP contribution in [-0.2, 0) is 19.4 Å². The Morgan fingerprint density at radius 3 is 2.70 bits per heavy atom. The molecule has 0 atom stereocenters. The Morgan fingerprint density at radius 2 is 2.05 bits per heavy atom. The van der Waals surface area contributed by atoms with Gasteiger partial charge in [0.2, 0.25) is 0 Å². The zero-order valence-corrected chi connectivity index (χ0v) is 12.7. The Balaban J connectivity index is 2.08. The number of aromatic nitrogens is 3. The molecule has 1 N–H and O–H groups in total. The Labute approximate surface area is 123 Å². The molecule has 20 heavy (non-hydrogen) atoms. The van der Waals surface area contributed by atoms with Crippen molar-refractivity contribution in [3.63, 3.8) is 0 Å². The summed E-state index contributed by atoms with van der Waals surface area (Å²) in [6.07, 6.45) is 0.150. The second-order valence-corrected chi connectivity index (χ2v) is 5.62. The maximum Gasteiger partial charge on any atom is 0.191 e. The molecule has 0 radical (unpaired) electrons. The van der Waals surface area contributed by atoms with Crippen LogP contribution >= 0.6 is 11.8 Å². The van der Waals surface area contributed by atoms with E-state index in [9.17, 15) is 0 Å². The molecule has 0 aliphatic rings. The molecule has 6 heteroatoms. The van der Waals surface area contributed by atoms with Crippen LogP contribution in [0.4, 0.5) is 0 Å². The normalized spacial score (nSPS) is 11.1. The van der Waals surface area contributed by atoms with E-state index in [-0.39, 0.29) is 12.7 Å². The summed E-state index contributed by atoms with van der Waals surface area (Å²) in [5.74, 6) is 2.22. The van der Waals surface area contributed by atoms with Crippen LogP contribution in [0.25, 0.3) is 0 Å². The van der Waals surface area contributed by atoms with E-state index in [0.717, 1.165) is 22.2 Å². The number of aliphatic hydroxyl groups is 1. The molecule has 1 aromatic carbocycles. The van der Waals surface area contributed by atoms with Crippen molar-refractivity contribution in [1.82, 2.24) is 14.8 Å². The second-order valence-electron chi connectivity index (χ2n) is 4.68. The monoisotopic (exact) mass is 293 g/mol. The Kier molecular flexibility index (Phi) is 5.03. The van der Waals surface area contributed by atoms with Crippen LogP contribution < -0.4 is 4.74 Å². The molecule has 0 fully saturated rings. The van der Waals surface area contributed by atoms with Gasteiger partial charge in [-0.1, -0.05) is 30.0 Å². The van der Waals surface area contributed by atoms with Gasteiger partial charge in [0.1, 0.15) is 12.4 Å². The van der Waals surface area contributed by atoms with Gasteiger partial charge in [-0.25, -0.2) is 0 Å². The second kappa shape index (κ2) is 6.76. The Hall–Kier alpha value is -1.53. The summed E-state index contributed by atoms with van der Waals surface area (Å²) in [4.78, 5) is 0. The highest BCUT2D eigenvalue weighted by atomic mass is 32.2. The molecule has 0 unspecified atom stereocenters. The van der Waals surface area contributed by atoms with Crippen LogP contribution in [0.15, 0.2) is 29.4 Å². The molecule has 2 rings (SSSR count). The van der Waals surface area contributed by atoms with Crippen LogP contribution in [0.1, 0.15) is 25.2 Å².